The van der Waals surface area contributed by atoms with Crippen LogP contribution < -0.4 is 5.56 Å². The second-order valence-corrected chi connectivity index (χ2v) is 4.48. The SMILES string of the molecule is O=c1[nH]cc(-c2c(Cl)ccc(Cl)c2Cl)cc1F. The van der Waals surface area contributed by atoms with Crippen LogP contribution in [0.3, 0.4) is 0 Å². The van der Waals surface area contributed by atoms with E-state index in [-0.39, 0.29) is 5.02 Å². The van der Waals surface area contributed by atoms with E-state index in [0.29, 0.717) is 21.2 Å². The molecule has 0 atom stereocenters. The van der Waals surface area contributed by atoms with E-state index >= 15 is 0 Å². The molecule has 1 aromatic heterocycles. The van der Waals surface area contributed by atoms with Crippen molar-refractivity contribution in [2.45, 2.75) is 0 Å². The molecule has 0 saturated carbocycles. The Labute approximate surface area is 111 Å². The number of H-pyrrole nitrogens is 1. The Hall–Kier alpha value is -1.03. The van der Waals surface area contributed by atoms with Gasteiger partial charge in [-0.1, -0.05) is 34.8 Å². The lowest BCUT2D eigenvalue weighted by molar-refractivity contribution is 0.609. The molecule has 6 heteroatoms. The molecule has 0 fully saturated rings. The van der Waals surface area contributed by atoms with Gasteiger partial charge in [-0.25, -0.2) is 4.39 Å². The smallest absolute Gasteiger partial charge is 0.283 e. The molecule has 0 spiro atoms. The molecule has 0 unspecified atom stereocenters. The third kappa shape index (κ3) is 2.32. The van der Waals surface area contributed by atoms with Crippen molar-refractivity contribution in [1.82, 2.24) is 4.98 Å². The minimum absolute atomic E-state index is 0.214. The molecule has 88 valence electrons. The van der Waals surface area contributed by atoms with Crippen molar-refractivity contribution >= 4 is 34.8 Å². The summed E-state index contributed by atoms with van der Waals surface area (Å²) in [4.78, 5) is 13.2. The number of nitrogens with one attached hydrogen (secondary N) is 1. The number of aromatic nitrogens is 1. The molecular weight excluding hydrogens is 287 g/mol. The van der Waals surface area contributed by atoms with E-state index in [2.05, 4.69) is 4.98 Å². The first kappa shape index (κ1) is 12.4. The number of rotatable bonds is 1. The van der Waals surface area contributed by atoms with Gasteiger partial charge in [0.1, 0.15) is 0 Å². The predicted molar refractivity (Wildman–Crippen MR) is 67.5 cm³/mol. The molecule has 0 radical (unpaired) electrons. The molecule has 0 aliphatic rings. The van der Waals surface area contributed by atoms with Gasteiger partial charge in [0.2, 0.25) is 0 Å². The van der Waals surface area contributed by atoms with E-state index in [1.54, 1.807) is 6.07 Å². The maximum Gasteiger partial charge on any atom is 0.283 e. The van der Waals surface area contributed by atoms with E-state index in [1.807, 2.05) is 0 Å². The van der Waals surface area contributed by atoms with Crippen LogP contribution in [0.2, 0.25) is 15.1 Å². The summed E-state index contributed by atoms with van der Waals surface area (Å²) in [6, 6.07) is 4.15. The predicted octanol–water partition coefficient (Wildman–Crippen LogP) is 4.14. The van der Waals surface area contributed by atoms with Crippen LogP contribution in [-0.4, -0.2) is 4.98 Å². The molecule has 2 aromatic rings. The number of hydrogen-bond donors (Lipinski definition) is 1. The Balaban J connectivity index is 2.72. The van der Waals surface area contributed by atoms with Crippen LogP contribution in [0.5, 0.6) is 0 Å². The number of hydrogen-bond acceptors (Lipinski definition) is 1. The fraction of sp³-hybridized carbons (Fsp3) is 0. The third-order valence-corrected chi connectivity index (χ3v) is 3.31. The lowest BCUT2D eigenvalue weighted by atomic mass is 10.1. The summed E-state index contributed by atoms with van der Waals surface area (Å²) in [7, 11) is 0. The van der Waals surface area contributed by atoms with Crippen LogP contribution >= 0.6 is 34.8 Å². The largest absolute Gasteiger partial charge is 0.326 e. The molecule has 2 nitrogen and oxygen atoms in total. The van der Waals surface area contributed by atoms with Crippen molar-refractivity contribution in [2.24, 2.45) is 0 Å². The van der Waals surface area contributed by atoms with Crippen LogP contribution in [-0.2, 0) is 0 Å². The highest BCUT2D eigenvalue weighted by Crippen LogP contribution is 2.38. The summed E-state index contributed by atoms with van der Waals surface area (Å²) in [5, 5.41) is 0.842. The summed E-state index contributed by atoms with van der Waals surface area (Å²) in [5.41, 5.74) is -0.0568. The van der Waals surface area contributed by atoms with Gasteiger partial charge < -0.3 is 4.98 Å². The Bertz CT molecular complexity index is 639. The summed E-state index contributed by atoms with van der Waals surface area (Å²) >= 11 is 17.8. The van der Waals surface area contributed by atoms with Crippen LogP contribution in [0.1, 0.15) is 0 Å². The van der Waals surface area contributed by atoms with Crippen molar-refractivity contribution in [2.75, 3.05) is 0 Å². The highest BCUT2D eigenvalue weighted by atomic mass is 35.5. The number of benzene rings is 1. The first-order chi connectivity index (χ1) is 8.00. The Kier molecular flexibility index (Phi) is 3.43. The molecule has 1 heterocycles. The van der Waals surface area contributed by atoms with Crippen LogP contribution in [0, 0.1) is 5.82 Å². The fourth-order valence-corrected chi connectivity index (χ4v) is 2.14. The van der Waals surface area contributed by atoms with Crippen LogP contribution in [0.4, 0.5) is 4.39 Å². The maximum absolute atomic E-state index is 13.2. The lowest BCUT2D eigenvalue weighted by Crippen LogP contribution is -2.09. The molecule has 0 bridgehead atoms. The van der Waals surface area contributed by atoms with Crippen molar-refractivity contribution < 1.29 is 4.39 Å². The molecule has 1 N–H and O–H groups in total. The summed E-state index contributed by atoms with van der Waals surface area (Å²) < 4.78 is 13.2. The topological polar surface area (TPSA) is 32.9 Å². The molecule has 0 aliphatic carbocycles. The molecule has 17 heavy (non-hydrogen) atoms. The molecule has 0 saturated heterocycles. The van der Waals surface area contributed by atoms with Gasteiger partial charge in [0.15, 0.2) is 5.82 Å². The number of halogens is 4. The van der Waals surface area contributed by atoms with E-state index in [9.17, 15) is 9.18 Å². The van der Waals surface area contributed by atoms with E-state index in [0.717, 1.165) is 6.07 Å². The normalized spacial score (nSPS) is 10.6. The van der Waals surface area contributed by atoms with Gasteiger partial charge in [0.25, 0.3) is 5.56 Å². The van der Waals surface area contributed by atoms with E-state index in [1.165, 1.54) is 12.3 Å². The average Bonchev–Trinajstić information content (AvgIpc) is 2.29. The van der Waals surface area contributed by atoms with E-state index < -0.39 is 11.4 Å². The summed E-state index contributed by atoms with van der Waals surface area (Å²) in [6.45, 7) is 0. The van der Waals surface area contributed by atoms with Gasteiger partial charge in [-0.3, -0.25) is 4.79 Å². The third-order valence-electron chi connectivity index (χ3n) is 2.19. The fourth-order valence-electron chi connectivity index (χ4n) is 1.39. The van der Waals surface area contributed by atoms with Gasteiger partial charge in [0, 0.05) is 17.3 Å². The highest BCUT2D eigenvalue weighted by Gasteiger charge is 2.13. The Morgan fingerprint density at radius 1 is 1.12 bits per heavy atom. The van der Waals surface area contributed by atoms with Crippen molar-refractivity contribution in [3.8, 4) is 11.1 Å². The zero-order chi connectivity index (χ0) is 12.6. The summed E-state index contributed by atoms with van der Waals surface area (Å²) in [6.07, 6.45) is 1.33. The Morgan fingerprint density at radius 3 is 2.41 bits per heavy atom. The quantitative estimate of drug-likeness (QED) is 0.787. The van der Waals surface area contributed by atoms with Gasteiger partial charge in [-0.2, -0.15) is 0 Å². The van der Waals surface area contributed by atoms with Gasteiger partial charge >= 0.3 is 0 Å². The first-order valence-corrected chi connectivity index (χ1v) is 5.66. The standard InChI is InChI=1S/C11H5Cl3FNO/c12-6-1-2-7(13)10(14)9(6)5-3-8(15)11(17)16-4-5/h1-4H,(H,16,17). The second-order valence-electron chi connectivity index (χ2n) is 3.28. The van der Waals surface area contributed by atoms with Gasteiger partial charge in [-0.05, 0) is 18.2 Å². The van der Waals surface area contributed by atoms with Crippen molar-refractivity contribution in [3.63, 3.8) is 0 Å². The average molecular weight is 293 g/mol. The minimum atomic E-state index is -0.908. The van der Waals surface area contributed by atoms with Crippen molar-refractivity contribution in [3.05, 3.63) is 55.6 Å². The molecule has 1 aromatic carbocycles. The summed E-state index contributed by atoms with van der Waals surface area (Å²) in [5.74, 6) is -0.908. The minimum Gasteiger partial charge on any atom is -0.326 e. The lowest BCUT2D eigenvalue weighted by Gasteiger charge is -2.08. The molecule has 0 aliphatic heterocycles. The van der Waals surface area contributed by atoms with Gasteiger partial charge in [0.05, 0.1) is 15.1 Å². The number of aromatic amines is 1. The molecule has 2 rings (SSSR count). The van der Waals surface area contributed by atoms with Gasteiger partial charge in [-0.15, -0.1) is 0 Å². The Morgan fingerprint density at radius 2 is 1.76 bits per heavy atom. The number of pyridine rings is 1. The molecular formula is C11H5Cl3FNO. The highest BCUT2D eigenvalue weighted by molar-refractivity contribution is 6.46. The zero-order valence-electron chi connectivity index (χ0n) is 8.23. The maximum atomic E-state index is 13.2. The van der Waals surface area contributed by atoms with Crippen LogP contribution in [0.25, 0.3) is 11.1 Å². The monoisotopic (exact) mass is 291 g/mol. The zero-order valence-corrected chi connectivity index (χ0v) is 10.5. The van der Waals surface area contributed by atoms with Crippen molar-refractivity contribution in [1.29, 1.82) is 0 Å². The van der Waals surface area contributed by atoms with Crippen LogP contribution in [0.15, 0.2) is 29.2 Å². The first-order valence-electron chi connectivity index (χ1n) is 4.53. The van der Waals surface area contributed by atoms with E-state index in [4.69, 9.17) is 34.8 Å². The second kappa shape index (κ2) is 4.69. The molecule has 0 amide bonds.